The molecule has 0 aliphatic carbocycles. The lowest BCUT2D eigenvalue weighted by Gasteiger charge is -2.18. The van der Waals surface area contributed by atoms with Crippen LogP contribution in [0.15, 0.2) is 33.5 Å². The molecule has 0 atom stereocenters. The number of nitrogens with zero attached hydrogens (tertiary/aromatic N) is 3. The number of nitrogens with one attached hydrogen (secondary N) is 2. The molecule has 2 rings (SSSR count). The van der Waals surface area contributed by atoms with E-state index in [0.717, 1.165) is 0 Å². The first-order valence-corrected chi connectivity index (χ1v) is 11.6. The van der Waals surface area contributed by atoms with Crippen molar-refractivity contribution in [2.75, 3.05) is 23.1 Å². The van der Waals surface area contributed by atoms with Gasteiger partial charge in [0, 0.05) is 25.7 Å². The van der Waals surface area contributed by atoms with Crippen LogP contribution in [0.4, 0.5) is 10.8 Å². The number of carbonyl (C=O) groups excluding carboxylic acids is 1. The van der Waals surface area contributed by atoms with E-state index in [0.29, 0.717) is 24.4 Å². The summed E-state index contributed by atoms with van der Waals surface area (Å²) in [5.74, 6) is -0.395. The van der Waals surface area contributed by atoms with E-state index in [-0.39, 0.29) is 20.1 Å². The number of amides is 1. The molecular weight excluding hydrogens is 414 g/mol. The highest BCUT2D eigenvalue weighted by Crippen LogP contribution is 2.24. The maximum absolute atomic E-state index is 12.4. The van der Waals surface area contributed by atoms with Crippen molar-refractivity contribution in [3.05, 3.63) is 24.3 Å². The van der Waals surface area contributed by atoms with Gasteiger partial charge in [0.1, 0.15) is 0 Å². The monoisotopic (exact) mass is 433 g/mol. The SMILES string of the molecule is CCN(CC)S(=O)(=O)c1ccc(NS(=O)(=O)c2nnc(NC(C)=O)s2)cc1. The smallest absolute Gasteiger partial charge is 0.291 e. The Hall–Kier alpha value is -2.09. The topological polar surface area (TPSA) is 138 Å². The summed E-state index contributed by atoms with van der Waals surface area (Å²) >= 11 is 0.697. The van der Waals surface area contributed by atoms with Crippen LogP contribution >= 0.6 is 11.3 Å². The van der Waals surface area contributed by atoms with Crippen LogP contribution in [-0.2, 0) is 24.8 Å². The summed E-state index contributed by atoms with van der Waals surface area (Å²) in [5, 5.41) is 9.53. The lowest BCUT2D eigenvalue weighted by atomic mass is 10.3. The Morgan fingerprint density at radius 3 is 2.19 bits per heavy atom. The molecule has 1 heterocycles. The predicted molar refractivity (Wildman–Crippen MR) is 102 cm³/mol. The highest BCUT2D eigenvalue weighted by Gasteiger charge is 2.23. The number of carbonyl (C=O) groups is 1. The molecule has 0 aliphatic rings. The molecule has 0 unspecified atom stereocenters. The lowest BCUT2D eigenvalue weighted by Crippen LogP contribution is -2.30. The molecule has 2 N–H and O–H groups in total. The van der Waals surface area contributed by atoms with Crippen molar-refractivity contribution in [2.24, 2.45) is 0 Å². The molecule has 1 aromatic carbocycles. The van der Waals surface area contributed by atoms with Gasteiger partial charge < -0.3 is 5.32 Å². The molecule has 148 valence electrons. The number of sulfonamides is 2. The van der Waals surface area contributed by atoms with E-state index in [1.807, 2.05) is 0 Å². The zero-order valence-electron chi connectivity index (χ0n) is 14.8. The van der Waals surface area contributed by atoms with Crippen LogP contribution in [0.3, 0.4) is 0 Å². The Kier molecular flexibility index (Phi) is 6.51. The van der Waals surface area contributed by atoms with Crippen molar-refractivity contribution in [2.45, 2.75) is 30.0 Å². The summed E-state index contributed by atoms with van der Waals surface area (Å²) in [7, 11) is -7.64. The van der Waals surface area contributed by atoms with Gasteiger partial charge in [-0.3, -0.25) is 9.52 Å². The lowest BCUT2D eigenvalue weighted by molar-refractivity contribution is -0.114. The summed E-state index contributed by atoms with van der Waals surface area (Å²) in [6.07, 6.45) is 0. The minimum Gasteiger partial charge on any atom is -0.301 e. The van der Waals surface area contributed by atoms with E-state index in [9.17, 15) is 21.6 Å². The second-order valence-electron chi connectivity index (χ2n) is 5.27. The van der Waals surface area contributed by atoms with E-state index >= 15 is 0 Å². The van der Waals surface area contributed by atoms with Crippen molar-refractivity contribution in [3.8, 4) is 0 Å². The Morgan fingerprint density at radius 1 is 1.07 bits per heavy atom. The standard InChI is InChI=1S/C14H19N5O5S3/c1-4-19(5-2)27(23,24)12-8-6-11(7-9-12)18-26(21,22)14-17-16-13(25-14)15-10(3)20/h6-9,18H,4-5H2,1-3H3,(H,15,16,20). The molecule has 0 saturated carbocycles. The van der Waals surface area contributed by atoms with Gasteiger partial charge in [0.25, 0.3) is 14.4 Å². The highest BCUT2D eigenvalue weighted by molar-refractivity contribution is 7.94. The third-order valence-corrected chi connectivity index (χ3v) is 8.02. The van der Waals surface area contributed by atoms with Gasteiger partial charge >= 0.3 is 0 Å². The number of hydrogen-bond donors (Lipinski definition) is 2. The molecule has 13 heteroatoms. The number of aromatic nitrogens is 2. The second-order valence-corrected chi connectivity index (χ2v) is 10.0. The Bertz CT molecular complexity index is 1010. The van der Waals surface area contributed by atoms with Gasteiger partial charge in [-0.05, 0) is 24.3 Å². The fourth-order valence-electron chi connectivity index (χ4n) is 2.13. The molecule has 0 aliphatic heterocycles. The maximum atomic E-state index is 12.4. The number of anilines is 2. The van der Waals surface area contributed by atoms with Gasteiger partial charge in [0.05, 0.1) is 4.90 Å². The zero-order valence-corrected chi connectivity index (χ0v) is 17.3. The maximum Gasteiger partial charge on any atom is 0.291 e. The van der Waals surface area contributed by atoms with E-state index in [1.54, 1.807) is 13.8 Å². The first-order chi connectivity index (χ1) is 12.6. The number of rotatable bonds is 8. The molecule has 0 spiro atoms. The summed E-state index contributed by atoms with van der Waals surface area (Å²) in [4.78, 5) is 11.0. The van der Waals surface area contributed by atoms with Gasteiger partial charge in [-0.15, -0.1) is 10.2 Å². The number of benzene rings is 1. The quantitative estimate of drug-likeness (QED) is 0.599. The molecular formula is C14H19N5O5S3. The van der Waals surface area contributed by atoms with Gasteiger partial charge in [-0.25, -0.2) is 8.42 Å². The third-order valence-electron chi connectivity index (χ3n) is 3.37. The largest absolute Gasteiger partial charge is 0.301 e. The molecule has 0 bridgehead atoms. The van der Waals surface area contributed by atoms with Gasteiger partial charge in [-0.2, -0.15) is 12.7 Å². The Labute approximate surface area is 161 Å². The molecule has 1 aromatic heterocycles. The minimum atomic E-state index is -4.02. The normalized spacial score (nSPS) is 12.1. The van der Waals surface area contributed by atoms with E-state index in [1.165, 1.54) is 35.5 Å². The van der Waals surface area contributed by atoms with Crippen LogP contribution < -0.4 is 10.0 Å². The Balaban J connectivity index is 2.20. The van der Waals surface area contributed by atoms with Crippen molar-refractivity contribution in [3.63, 3.8) is 0 Å². The molecule has 2 aromatic rings. The van der Waals surface area contributed by atoms with Crippen LogP contribution in [-0.4, -0.2) is 50.3 Å². The molecule has 0 fully saturated rings. The summed E-state index contributed by atoms with van der Waals surface area (Å²) in [6, 6.07) is 5.36. The van der Waals surface area contributed by atoms with Crippen LogP contribution in [0.2, 0.25) is 0 Å². The van der Waals surface area contributed by atoms with Crippen LogP contribution in [0, 0.1) is 0 Å². The van der Waals surface area contributed by atoms with Crippen LogP contribution in [0.25, 0.3) is 0 Å². The van der Waals surface area contributed by atoms with Crippen LogP contribution in [0.1, 0.15) is 20.8 Å². The molecule has 1 amide bonds. The fourth-order valence-corrected chi connectivity index (χ4v) is 5.59. The third kappa shape index (κ3) is 5.00. The first kappa shape index (κ1) is 21.2. The van der Waals surface area contributed by atoms with E-state index in [2.05, 4.69) is 20.2 Å². The average Bonchev–Trinajstić information content (AvgIpc) is 3.04. The number of hydrogen-bond acceptors (Lipinski definition) is 8. The molecule has 0 radical (unpaired) electrons. The van der Waals surface area contributed by atoms with Gasteiger partial charge in [-0.1, -0.05) is 25.2 Å². The van der Waals surface area contributed by atoms with Crippen LogP contribution in [0.5, 0.6) is 0 Å². The molecule has 10 nitrogen and oxygen atoms in total. The minimum absolute atomic E-state index is 0.0588. The van der Waals surface area contributed by atoms with E-state index in [4.69, 9.17) is 0 Å². The molecule has 27 heavy (non-hydrogen) atoms. The fraction of sp³-hybridized carbons (Fsp3) is 0.357. The first-order valence-electron chi connectivity index (χ1n) is 7.84. The van der Waals surface area contributed by atoms with Gasteiger partial charge in [0.15, 0.2) is 0 Å². The van der Waals surface area contributed by atoms with E-state index < -0.39 is 26.0 Å². The Morgan fingerprint density at radius 2 is 1.67 bits per heavy atom. The second kappa shape index (κ2) is 8.29. The van der Waals surface area contributed by atoms with Crippen molar-refractivity contribution < 1.29 is 21.6 Å². The summed E-state index contributed by atoms with van der Waals surface area (Å²) in [5.41, 5.74) is 0.171. The van der Waals surface area contributed by atoms with Gasteiger partial charge in [0.2, 0.25) is 21.1 Å². The molecule has 0 saturated heterocycles. The predicted octanol–water partition coefficient (Wildman–Crippen LogP) is 1.33. The summed E-state index contributed by atoms with van der Waals surface area (Å²) < 4.78 is 52.8. The zero-order chi connectivity index (χ0) is 20.2. The summed E-state index contributed by atoms with van der Waals surface area (Å²) in [6.45, 7) is 5.41. The highest BCUT2D eigenvalue weighted by atomic mass is 32.2. The van der Waals surface area contributed by atoms with Crippen molar-refractivity contribution >= 4 is 48.1 Å². The van der Waals surface area contributed by atoms with Crippen molar-refractivity contribution in [1.82, 2.24) is 14.5 Å². The average molecular weight is 434 g/mol. The van der Waals surface area contributed by atoms with Crippen molar-refractivity contribution in [1.29, 1.82) is 0 Å².